The highest BCUT2D eigenvalue weighted by Gasteiger charge is 2.31. The van der Waals surface area contributed by atoms with Crippen molar-refractivity contribution in [2.24, 2.45) is 7.05 Å². The van der Waals surface area contributed by atoms with Gasteiger partial charge in [-0.1, -0.05) is 41.6 Å². The smallest absolute Gasteiger partial charge is 0.342 e. The molecule has 0 spiro atoms. The summed E-state index contributed by atoms with van der Waals surface area (Å²) in [5.41, 5.74) is -0.543. The van der Waals surface area contributed by atoms with Crippen molar-refractivity contribution in [1.29, 1.82) is 0 Å². The number of carbonyl (C=O) groups excluding carboxylic acids is 2. The van der Waals surface area contributed by atoms with Gasteiger partial charge in [0.25, 0.3) is 5.91 Å². The fraction of sp³-hybridized carbons (Fsp3) is 0.238. The topological polar surface area (TPSA) is 88.9 Å². The van der Waals surface area contributed by atoms with Gasteiger partial charge in [-0.25, -0.2) is 0 Å². The fourth-order valence-electron chi connectivity index (χ4n) is 2.88. The highest BCUT2D eigenvalue weighted by atomic mass is 35.5. The van der Waals surface area contributed by atoms with E-state index in [0.717, 1.165) is 30.0 Å². The summed E-state index contributed by atoms with van der Waals surface area (Å²) in [6, 6.07) is 10.9. The summed E-state index contributed by atoms with van der Waals surface area (Å²) in [5, 5.41) is 13.7. The Morgan fingerprint density at radius 1 is 1.15 bits per heavy atom. The maximum Gasteiger partial charge on any atom is 0.416 e. The molecular formula is C21H19ClF3N5O2S. The molecule has 0 aliphatic rings. The molecule has 2 amide bonds. The fourth-order valence-corrected chi connectivity index (χ4v) is 3.76. The Labute approximate surface area is 196 Å². The van der Waals surface area contributed by atoms with E-state index in [1.807, 2.05) is 6.07 Å². The molecule has 174 valence electrons. The Bertz CT molecular complexity index is 1150. The summed E-state index contributed by atoms with van der Waals surface area (Å²) in [6.45, 7) is 1.75. The van der Waals surface area contributed by atoms with E-state index >= 15 is 0 Å². The van der Waals surface area contributed by atoms with Crippen molar-refractivity contribution < 1.29 is 22.8 Å². The first-order chi connectivity index (χ1) is 15.6. The van der Waals surface area contributed by atoms with Gasteiger partial charge in [0.2, 0.25) is 5.91 Å². The Morgan fingerprint density at radius 3 is 2.52 bits per heavy atom. The Kier molecular flexibility index (Phi) is 7.65. The SMILES string of the molecule is C[C@@H](NC(=O)c1ccccc1)c1nnc(SCC(=O)Nc2cc(C(F)(F)F)ccc2Cl)n1C. The van der Waals surface area contributed by atoms with Crippen LogP contribution in [0.5, 0.6) is 0 Å². The number of nitrogens with zero attached hydrogens (tertiary/aromatic N) is 3. The van der Waals surface area contributed by atoms with Gasteiger partial charge in [0.15, 0.2) is 11.0 Å². The van der Waals surface area contributed by atoms with Crippen molar-refractivity contribution in [2.75, 3.05) is 11.1 Å². The first-order valence-electron chi connectivity index (χ1n) is 9.61. The van der Waals surface area contributed by atoms with Gasteiger partial charge < -0.3 is 15.2 Å². The molecule has 3 rings (SSSR count). The molecule has 2 N–H and O–H groups in total. The molecule has 1 atom stereocenters. The lowest BCUT2D eigenvalue weighted by molar-refractivity contribution is -0.137. The van der Waals surface area contributed by atoms with Crippen LogP contribution in [0.4, 0.5) is 18.9 Å². The van der Waals surface area contributed by atoms with Crippen LogP contribution in [0.25, 0.3) is 0 Å². The molecule has 0 aliphatic heterocycles. The molecule has 0 bridgehead atoms. The summed E-state index contributed by atoms with van der Waals surface area (Å²) >= 11 is 6.95. The highest BCUT2D eigenvalue weighted by molar-refractivity contribution is 7.99. The first kappa shape index (κ1) is 24.6. The average molecular weight is 498 g/mol. The second kappa shape index (κ2) is 10.3. The lowest BCUT2D eigenvalue weighted by Crippen LogP contribution is -2.28. The summed E-state index contributed by atoms with van der Waals surface area (Å²) in [4.78, 5) is 24.6. The lowest BCUT2D eigenvalue weighted by Gasteiger charge is -2.14. The number of anilines is 1. The van der Waals surface area contributed by atoms with E-state index < -0.39 is 23.7 Å². The minimum Gasteiger partial charge on any atom is -0.342 e. The molecule has 0 radical (unpaired) electrons. The summed E-state index contributed by atoms with van der Waals surface area (Å²) in [6.07, 6.45) is -4.56. The molecular weight excluding hydrogens is 479 g/mol. The molecule has 0 saturated carbocycles. The van der Waals surface area contributed by atoms with Gasteiger partial charge in [-0.2, -0.15) is 13.2 Å². The largest absolute Gasteiger partial charge is 0.416 e. The number of hydrogen-bond donors (Lipinski definition) is 2. The van der Waals surface area contributed by atoms with Gasteiger partial charge in [-0.05, 0) is 37.3 Å². The predicted molar refractivity (Wildman–Crippen MR) is 119 cm³/mol. The first-order valence-corrected chi connectivity index (χ1v) is 11.0. The van der Waals surface area contributed by atoms with E-state index in [1.54, 1.807) is 42.8 Å². The number of alkyl halides is 3. The molecule has 0 aliphatic carbocycles. The molecule has 33 heavy (non-hydrogen) atoms. The van der Waals surface area contributed by atoms with E-state index in [-0.39, 0.29) is 22.4 Å². The molecule has 2 aromatic carbocycles. The zero-order valence-corrected chi connectivity index (χ0v) is 19.1. The van der Waals surface area contributed by atoms with E-state index in [2.05, 4.69) is 20.8 Å². The van der Waals surface area contributed by atoms with Gasteiger partial charge in [0, 0.05) is 12.6 Å². The summed E-state index contributed by atoms with van der Waals surface area (Å²) in [5.74, 6) is -0.486. The number of rotatable bonds is 7. The van der Waals surface area contributed by atoms with Crippen molar-refractivity contribution in [2.45, 2.75) is 24.3 Å². The Balaban J connectivity index is 1.60. The third-order valence-corrected chi connectivity index (χ3v) is 5.89. The number of thioether (sulfide) groups is 1. The van der Waals surface area contributed by atoms with Crippen LogP contribution in [0.1, 0.15) is 34.7 Å². The second-order valence-electron chi connectivity index (χ2n) is 6.99. The van der Waals surface area contributed by atoms with Crippen LogP contribution < -0.4 is 10.6 Å². The van der Waals surface area contributed by atoms with Gasteiger partial charge in [0.1, 0.15) is 0 Å². The molecule has 0 fully saturated rings. The number of nitrogens with one attached hydrogen (secondary N) is 2. The Hall–Kier alpha value is -3.05. The quantitative estimate of drug-likeness (QED) is 0.461. The zero-order valence-electron chi connectivity index (χ0n) is 17.5. The number of carbonyl (C=O) groups is 2. The second-order valence-corrected chi connectivity index (χ2v) is 8.34. The maximum atomic E-state index is 12.9. The van der Waals surface area contributed by atoms with Crippen molar-refractivity contribution >= 4 is 40.9 Å². The van der Waals surface area contributed by atoms with Crippen LogP contribution in [0.15, 0.2) is 53.7 Å². The van der Waals surface area contributed by atoms with Crippen molar-refractivity contribution in [3.63, 3.8) is 0 Å². The van der Waals surface area contributed by atoms with E-state index in [0.29, 0.717) is 16.5 Å². The number of halogens is 4. The van der Waals surface area contributed by atoms with E-state index in [4.69, 9.17) is 11.6 Å². The monoisotopic (exact) mass is 497 g/mol. The molecule has 1 heterocycles. The normalized spacial score (nSPS) is 12.3. The number of amides is 2. The number of hydrogen-bond acceptors (Lipinski definition) is 5. The van der Waals surface area contributed by atoms with Crippen molar-refractivity contribution in [3.05, 3.63) is 70.5 Å². The average Bonchev–Trinajstić information content (AvgIpc) is 3.14. The highest BCUT2D eigenvalue weighted by Crippen LogP contribution is 2.34. The summed E-state index contributed by atoms with van der Waals surface area (Å²) < 4.78 is 40.3. The van der Waals surface area contributed by atoms with Crippen LogP contribution in [-0.4, -0.2) is 32.3 Å². The van der Waals surface area contributed by atoms with Gasteiger partial charge >= 0.3 is 6.18 Å². The van der Waals surface area contributed by atoms with Crippen molar-refractivity contribution in [3.8, 4) is 0 Å². The zero-order chi connectivity index (χ0) is 24.2. The molecule has 0 unspecified atom stereocenters. The molecule has 1 aromatic heterocycles. The Morgan fingerprint density at radius 2 is 1.85 bits per heavy atom. The predicted octanol–water partition coefficient (Wildman–Crippen LogP) is 4.71. The minimum absolute atomic E-state index is 0.00900. The standard InChI is InChI=1S/C21H19ClF3N5O2S/c1-12(26-19(32)13-6-4-3-5-7-13)18-28-29-20(30(18)2)33-11-17(31)27-16-10-14(21(23,24)25)8-9-15(16)22/h3-10,12H,11H2,1-2H3,(H,26,32)(H,27,31)/t12-/m1/s1. The number of benzene rings is 2. The van der Waals surface area contributed by atoms with Crippen LogP contribution in [0, 0.1) is 0 Å². The minimum atomic E-state index is -4.56. The van der Waals surface area contributed by atoms with E-state index in [9.17, 15) is 22.8 Å². The molecule has 0 saturated heterocycles. The molecule has 3 aromatic rings. The van der Waals surface area contributed by atoms with Gasteiger partial charge in [-0.15, -0.1) is 10.2 Å². The van der Waals surface area contributed by atoms with E-state index in [1.165, 1.54) is 0 Å². The molecule has 7 nitrogen and oxygen atoms in total. The van der Waals surface area contributed by atoms with Crippen LogP contribution >= 0.6 is 23.4 Å². The van der Waals surface area contributed by atoms with Crippen LogP contribution in [-0.2, 0) is 18.0 Å². The van der Waals surface area contributed by atoms with Gasteiger partial charge in [-0.3, -0.25) is 9.59 Å². The van der Waals surface area contributed by atoms with Crippen molar-refractivity contribution in [1.82, 2.24) is 20.1 Å². The third kappa shape index (κ3) is 6.26. The van der Waals surface area contributed by atoms with Gasteiger partial charge in [0.05, 0.1) is 28.1 Å². The van der Waals surface area contributed by atoms with Crippen LogP contribution in [0.2, 0.25) is 5.02 Å². The maximum absolute atomic E-state index is 12.9. The lowest BCUT2D eigenvalue weighted by atomic mass is 10.2. The molecule has 12 heteroatoms. The van der Waals surface area contributed by atoms with Crippen LogP contribution in [0.3, 0.4) is 0 Å². The third-order valence-electron chi connectivity index (χ3n) is 4.54. The summed E-state index contributed by atoms with van der Waals surface area (Å²) in [7, 11) is 1.68. The number of aromatic nitrogens is 3.